The number of fused-ring (bicyclic) bond motifs is 3. The fourth-order valence-corrected chi connectivity index (χ4v) is 9.86. The average Bonchev–Trinajstić information content (AvgIpc) is 3.47. The molecule has 1 amide bonds. The van der Waals surface area contributed by atoms with Crippen LogP contribution in [0.25, 0.3) is 0 Å². The van der Waals surface area contributed by atoms with Gasteiger partial charge in [-0.05, 0) is 107 Å². The van der Waals surface area contributed by atoms with Gasteiger partial charge in [0.05, 0.1) is 12.1 Å². The van der Waals surface area contributed by atoms with Gasteiger partial charge in [-0.3, -0.25) is 4.79 Å². The van der Waals surface area contributed by atoms with E-state index in [1.54, 1.807) is 0 Å². The molecule has 9 heteroatoms. The average molecular weight is 735 g/mol. The van der Waals surface area contributed by atoms with Crippen molar-refractivity contribution in [3.63, 3.8) is 0 Å². The summed E-state index contributed by atoms with van der Waals surface area (Å²) >= 11 is 0. The van der Waals surface area contributed by atoms with Gasteiger partial charge in [0.25, 0.3) is 0 Å². The van der Waals surface area contributed by atoms with E-state index in [-0.39, 0.29) is 5.72 Å². The lowest BCUT2D eigenvalue weighted by Crippen LogP contribution is -2.65. The lowest BCUT2D eigenvalue weighted by molar-refractivity contribution is -0.133. The van der Waals surface area contributed by atoms with Crippen molar-refractivity contribution in [3.8, 4) is 0 Å². The molecule has 0 radical (unpaired) electrons. The predicted octanol–water partition coefficient (Wildman–Crippen LogP) is 8.55. The highest BCUT2D eigenvalue weighted by atomic mass is 16.5. The molecule has 6 rings (SSSR count). The van der Waals surface area contributed by atoms with E-state index in [2.05, 4.69) is 28.4 Å². The van der Waals surface area contributed by atoms with Gasteiger partial charge in [0, 0.05) is 45.6 Å². The van der Waals surface area contributed by atoms with E-state index in [1.807, 2.05) is 4.90 Å². The van der Waals surface area contributed by atoms with Crippen LogP contribution in [-0.4, -0.2) is 72.5 Å². The number of rotatable bonds is 23. The Morgan fingerprint density at radius 1 is 0.736 bits per heavy atom. The number of nitrogens with zero attached hydrogens (tertiary/aromatic N) is 3. The zero-order valence-electron chi connectivity index (χ0n) is 33.2. The van der Waals surface area contributed by atoms with Crippen LogP contribution in [0.1, 0.15) is 189 Å². The number of carbonyl (C=O) groups excluding carboxylic acids is 1. The number of hydrogen-bond acceptors (Lipinski definition) is 8. The van der Waals surface area contributed by atoms with Crippen LogP contribution < -0.4 is 16.8 Å². The van der Waals surface area contributed by atoms with Gasteiger partial charge < -0.3 is 36.1 Å². The first-order valence-corrected chi connectivity index (χ1v) is 22.3. The number of unbranched alkanes of at least 4 members (excludes halogenated alkanes) is 13. The molecule has 0 saturated carbocycles. The van der Waals surface area contributed by atoms with Crippen LogP contribution in [0.4, 0.5) is 0 Å². The van der Waals surface area contributed by atoms with Crippen molar-refractivity contribution < 1.29 is 14.3 Å². The van der Waals surface area contributed by atoms with E-state index in [0.717, 1.165) is 96.5 Å². The van der Waals surface area contributed by atoms with Crippen molar-refractivity contribution in [2.24, 2.45) is 16.5 Å². The van der Waals surface area contributed by atoms with Gasteiger partial charge in [-0.2, -0.15) is 0 Å². The second-order valence-electron chi connectivity index (χ2n) is 17.0. The van der Waals surface area contributed by atoms with E-state index in [1.165, 1.54) is 113 Å². The molecule has 1 aromatic rings. The van der Waals surface area contributed by atoms with Gasteiger partial charge in [0.1, 0.15) is 5.72 Å². The van der Waals surface area contributed by atoms with Gasteiger partial charge in [-0.25, -0.2) is 4.99 Å². The van der Waals surface area contributed by atoms with Crippen molar-refractivity contribution >= 4 is 11.9 Å². The summed E-state index contributed by atoms with van der Waals surface area (Å²) < 4.78 is 13.0. The molecular formula is C44H74N6O3. The highest BCUT2D eigenvalue weighted by molar-refractivity contribution is 5.85. The quantitative estimate of drug-likeness (QED) is 0.0965. The van der Waals surface area contributed by atoms with Crippen molar-refractivity contribution in [2.75, 3.05) is 39.4 Å². The van der Waals surface area contributed by atoms with Crippen molar-refractivity contribution in [1.82, 2.24) is 15.1 Å². The highest BCUT2D eigenvalue weighted by Crippen LogP contribution is 2.55. The summed E-state index contributed by atoms with van der Waals surface area (Å²) in [5.74, 6) is 1.33. The topological polar surface area (TPSA) is 118 Å². The minimum Gasteiger partial charge on any atom is -0.356 e. The fraction of sp³-hybridized carbons (Fsp3) is 0.818. The normalized spacial score (nSPS) is 26.0. The van der Waals surface area contributed by atoms with E-state index in [9.17, 15) is 4.79 Å². The molecule has 9 nitrogen and oxygen atoms in total. The number of ether oxygens (including phenoxy) is 2. The summed E-state index contributed by atoms with van der Waals surface area (Å²) in [6.45, 7) is 4.61. The molecule has 5 aliphatic heterocycles. The maximum atomic E-state index is 12.7. The Morgan fingerprint density at radius 2 is 1.38 bits per heavy atom. The summed E-state index contributed by atoms with van der Waals surface area (Å²) in [5.41, 5.74) is 15.1. The molecule has 5 aliphatic rings. The Balaban J connectivity index is 0.840. The molecule has 4 atom stereocenters. The minimum atomic E-state index is -0.391. The van der Waals surface area contributed by atoms with Gasteiger partial charge in [-0.15, -0.1) is 0 Å². The van der Waals surface area contributed by atoms with Crippen molar-refractivity contribution in [1.29, 1.82) is 0 Å². The molecule has 3 fully saturated rings. The van der Waals surface area contributed by atoms with Crippen molar-refractivity contribution in [2.45, 2.75) is 190 Å². The van der Waals surface area contributed by atoms with E-state index in [4.69, 9.17) is 25.9 Å². The van der Waals surface area contributed by atoms with Crippen LogP contribution in [0, 0.1) is 0 Å². The lowest BCUT2D eigenvalue weighted by Gasteiger charge is -2.53. The smallest absolute Gasteiger partial charge is 0.222 e. The summed E-state index contributed by atoms with van der Waals surface area (Å²) in [7, 11) is 0. The lowest BCUT2D eigenvalue weighted by atomic mass is 9.89. The molecule has 298 valence electrons. The number of amides is 1. The van der Waals surface area contributed by atoms with Gasteiger partial charge >= 0.3 is 0 Å². The van der Waals surface area contributed by atoms with Gasteiger partial charge in [0.15, 0.2) is 11.7 Å². The molecule has 5 heterocycles. The maximum Gasteiger partial charge on any atom is 0.222 e. The highest BCUT2D eigenvalue weighted by Gasteiger charge is 2.56. The van der Waals surface area contributed by atoms with Crippen molar-refractivity contribution in [3.05, 3.63) is 34.9 Å². The maximum absolute atomic E-state index is 12.7. The van der Waals surface area contributed by atoms with Crippen LogP contribution in [0.3, 0.4) is 0 Å². The molecule has 0 aliphatic carbocycles. The summed E-state index contributed by atoms with van der Waals surface area (Å²) in [4.78, 5) is 22.6. The number of nitrogens with one attached hydrogen (secondary N) is 1. The molecule has 53 heavy (non-hydrogen) atoms. The van der Waals surface area contributed by atoms with Gasteiger partial charge in [-0.1, -0.05) is 88.8 Å². The molecule has 5 N–H and O–H groups in total. The molecule has 3 saturated heterocycles. The Labute approximate surface area is 321 Å². The first-order chi connectivity index (χ1) is 26.1. The zero-order valence-corrected chi connectivity index (χ0v) is 33.2. The predicted molar refractivity (Wildman–Crippen MR) is 216 cm³/mol. The fourth-order valence-electron chi connectivity index (χ4n) is 9.86. The Morgan fingerprint density at radius 3 is 2.04 bits per heavy atom. The number of nitrogens with two attached hydrogens (primary N) is 2. The number of benzene rings is 1. The number of carbonyl (C=O) groups is 1. The Hall–Kier alpha value is -2.20. The standard InChI is InChI=1S/C44H74N6O3/c45-27-16-17-29-49(30-20-28-46)41(51)22-13-11-9-7-5-3-1-2-4-6-8-10-12-21-36-23-24-37-38(33-36)40-35-44(26-15-19-32-53-44)48-42-47-43(25-14-18-31-52-43)34-39(37)50(40)42/h23-24,33,39-40H,1-22,25-32,34-35,45-46H2,(H,47,48)/t39-,40+,43+,44-/m1/s1. The Kier molecular flexibility index (Phi) is 15.8. The monoisotopic (exact) mass is 735 g/mol. The number of aliphatic imine (C=N–C) groups is 1. The summed E-state index contributed by atoms with van der Waals surface area (Å²) in [5, 5.41) is 3.85. The van der Waals surface area contributed by atoms with E-state index in [0.29, 0.717) is 37.5 Å². The first-order valence-electron chi connectivity index (χ1n) is 22.3. The third kappa shape index (κ3) is 11.0. The third-order valence-electron chi connectivity index (χ3n) is 12.9. The van der Waals surface area contributed by atoms with E-state index >= 15 is 0 Å². The van der Waals surface area contributed by atoms with E-state index < -0.39 is 5.72 Å². The largest absolute Gasteiger partial charge is 0.356 e. The third-order valence-corrected chi connectivity index (χ3v) is 12.9. The summed E-state index contributed by atoms with van der Waals surface area (Å²) in [6, 6.07) is 8.10. The Bertz CT molecular complexity index is 1290. The zero-order chi connectivity index (χ0) is 36.8. The van der Waals surface area contributed by atoms with Crippen LogP contribution in [0.2, 0.25) is 0 Å². The number of hydrogen-bond donors (Lipinski definition) is 3. The van der Waals surface area contributed by atoms with Crippen LogP contribution in [-0.2, 0) is 20.7 Å². The molecule has 1 aromatic carbocycles. The minimum absolute atomic E-state index is 0.293. The number of aryl methyl sites for hydroxylation is 1. The SMILES string of the molecule is NCCCCN(CCCN)C(=O)CCCCCCCCCCCCCCCc1ccc2c(c1)[C@@H]1C[C@]3(CCCCO3)N=C3N[C@]4(CCCCO4)C[C@H]2N31. The van der Waals surface area contributed by atoms with Crippen LogP contribution >= 0.6 is 0 Å². The second-order valence-corrected chi connectivity index (χ2v) is 17.0. The number of guanidine groups is 1. The van der Waals surface area contributed by atoms with Crippen LogP contribution in [0.15, 0.2) is 23.2 Å². The first kappa shape index (κ1) is 40.5. The summed E-state index contributed by atoms with van der Waals surface area (Å²) in [6.07, 6.45) is 30.3. The molecule has 0 unspecified atom stereocenters. The molecular weight excluding hydrogens is 661 g/mol. The van der Waals surface area contributed by atoms with Gasteiger partial charge in [0.2, 0.25) is 5.91 Å². The molecule has 0 aromatic heterocycles. The molecule has 2 spiro atoms. The molecule has 0 bridgehead atoms. The second kappa shape index (κ2) is 20.6. The van der Waals surface area contributed by atoms with Crippen LogP contribution in [0.5, 0.6) is 0 Å².